The Morgan fingerprint density at radius 2 is 1.72 bits per heavy atom. The van der Waals surface area contributed by atoms with Crippen LogP contribution in [0.15, 0.2) is 43.0 Å². The molecule has 0 aliphatic heterocycles. The van der Waals surface area contributed by atoms with E-state index in [1.165, 1.54) is 31.3 Å². The molecule has 1 aromatic carbocycles. The number of benzene rings is 1. The van der Waals surface area contributed by atoms with E-state index in [1.54, 1.807) is 24.3 Å². The highest BCUT2D eigenvalue weighted by Gasteiger charge is 2.35. The summed E-state index contributed by atoms with van der Waals surface area (Å²) in [6.45, 7) is 3.75. The van der Waals surface area contributed by atoms with Crippen LogP contribution in [-0.2, 0) is 12.8 Å². The molecule has 0 N–H and O–H groups in total. The maximum absolute atomic E-state index is 13.3. The molecular weight excluding hydrogens is 513 g/mol. The number of nitrogens with zero attached hydrogens (tertiary/aromatic N) is 6. The van der Waals surface area contributed by atoms with Crippen molar-refractivity contribution in [2.75, 3.05) is 14.2 Å². The van der Waals surface area contributed by atoms with E-state index in [0.29, 0.717) is 34.5 Å². The van der Waals surface area contributed by atoms with Crippen LogP contribution in [0.4, 0.5) is 13.2 Å². The normalized spacial score (nSPS) is 13.5. The molecular formula is C27H27F3N6O3. The Kier molecular flexibility index (Phi) is 7.11. The lowest BCUT2D eigenvalue weighted by atomic mass is 10.1. The van der Waals surface area contributed by atoms with Crippen LogP contribution < -0.4 is 14.2 Å². The molecule has 0 atom stereocenters. The Morgan fingerprint density at radius 3 is 2.33 bits per heavy atom. The maximum Gasteiger partial charge on any atom is 0.434 e. The largest absolute Gasteiger partial charge is 0.490 e. The quantitative estimate of drug-likeness (QED) is 0.260. The van der Waals surface area contributed by atoms with E-state index in [4.69, 9.17) is 14.2 Å². The van der Waals surface area contributed by atoms with Gasteiger partial charge >= 0.3 is 6.18 Å². The molecule has 0 spiro atoms. The van der Waals surface area contributed by atoms with Gasteiger partial charge in [-0.1, -0.05) is 24.3 Å². The van der Waals surface area contributed by atoms with E-state index in [1.807, 2.05) is 13.8 Å². The fourth-order valence-corrected chi connectivity index (χ4v) is 4.17. The molecule has 9 nitrogen and oxygen atoms in total. The van der Waals surface area contributed by atoms with Crippen molar-refractivity contribution >= 4 is 0 Å². The second-order valence-electron chi connectivity index (χ2n) is 9.42. The fourth-order valence-electron chi connectivity index (χ4n) is 4.17. The maximum atomic E-state index is 13.3. The van der Waals surface area contributed by atoms with Gasteiger partial charge < -0.3 is 18.8 Å². The molecule has 4 aromatic rings. The zero-order valence-corrected chi connectivity index (χ0v) is 21.9. The smallest absolute Gasteiger partial charge is 0.434 e. The van der Waals surface area contributed by atoms with Crippen molar-refractivity contribution in [2.45, 2.75) is 51.4 Å². The van der Waals surface area contributed by atoms with Crippen LogP contribution in [0.1, 0.15) is 55.6 Å². The van der Waals surface area contributed by atoms with E-state index < -0.39 is 11.9 Å². The van der Waals surface area contributed by atoms with E-state index in [9.17, 15) is 13.2 Å². The molecule has 204 valence electrons. The third-order valence-corrected chi connectivity index (χ3v) is 6.33. The van der Waals surface area contributed by atoms with Crippen molar-refractivity contribution in [1.29, 1.82) is 0 Å². The minimum Gasteiger partial charge on any atom is -0.490 e. The topological polar surface area (TPSA) is 97.1 Å². The van der Waals surface area contributed by atoms with Gasteiger partial charge in [-0.05, 0) is 32.3 Å². The first kappa shape index (κ1) is 26.4. The summed E-state index contributed by atoms with van der Waals surface area (Å²) in [5.41, 5.74) is 1.88. The van der Waals surface area contributed by atoms with E-state index in [-0.39, 0.29) is 24.4 Å². The number of ether oxygens (including phenoxy) is 3. The van der Waals surface area contributed by atoms with Crippen LogP contribution in [0.2, 0.25) is 0 Å². The average molecular weight is 541 g/mol. The predicted molar refractivity (Wildman–Crippen MR) is 136 cm³/mol. The first-order chi connectivity index (χ1) is 18.7. The molecule has 0 saturated heterocycles. The first-order valence-electron chi connectivity index (χ1n) is 12.4. The molecule has 3 heterocycles. The molecule has 39 heavy (non-hydrogen) atoms. The lowest BCUT2D eigenvalue weighted by Gasteiger charge is -2.14. The molecule has 5 rings (SSSR count). The summed E-state index contributed by atoms with van der Waals surface area (Å²) in [6.07, 6.45) is 1.56. The van der Waals surface area contributed by atoms with Crippen molar-refractivity contribution in [3.05, 3.63) is 59.9 Å². The lowest BCUT2D eigenvalue weighted by Crippen LogP contribution is -2.05. The highest BCUT2D eigenvalue weighted by atomic mass is 19.4. The molecule has 0 radical (unpaired) electrons. The highest BCUT2D eigenvalue weighted by molar-refractivity contribution is 5.66. The van der Waals surface area contributed by atoms with Gasteiger partial charge in [0.25, 0.3) is 5.88 Å². The predicted octanol–water partition coefficient (Wildman–Crippen LogP) is 5.87. The summed E-state index contributed by atoms with van der Waals surface area (Å²) >= 11 is 0. The van der Waals surface area contributed by atoms with Gasteiger partial charge in [0.15, 0.2) is 17.3 Å². The Labute approximate surface area is 223 Å². The molecule has 1 aliphatic rings. The van der Waals surface area contributed by atoms with Crippen LogP contribution in [0.3, 0.4) is 0 Å². The van der Waals surface area contributed by atoms with Crippen LogP contribution in [0, 0.1) is 0 Å². The van der Waals surface area contributed by atoms with Crippen LogP contribution in [-0.4, -0.2) is 43.7 Å². The molecule has 1 saturated carbocycles. The number of aromatic nitrogens is 6. The molecule has 12 heteroatoms. The Hall–Kier alpha value is -4.22. The standard InChI is InChI=1S/C27H27F3N6O3/c1-15(2)36-12-20(27(28,29)30)34-24(36)18-7-5-16(6-8-18)13-39-25-19(37-3)11-31-23(35-25)21-22(17-9-10-17)32-14-33-26(21)38-4/h5-8,11-12,14-15,17H,9-10,13H2,1-4H3. The van der Waals surface area contributed by atoms with Gasteiger partial charge in [0.05, 0.1) is 26.1 Å². The first-order valence-corrected chi connectivity index (χ1v) is 12.4. The zero-order chi connectivity index (χ0) is 27.7. The number of rotatable bonds is 9. The van der Waals surface area contributed by atoms with Gasteiger partial charge in [0.1, 0.15) is 24.3 Å². The molecule has 0 bridgehead atoms. The second-order valence-corrected chi connectivity index (χ2v) is 9.42. The average Bonchev–Trinajstić information content (AvgIpc) is 3.67. The minimum atomic E-state index is -4.52. The molecule has 1 aliphatic carbocycles. The van der Waals surface area contributed by atoms with Crippen LogP contribution >= 0.6 is 0 Å². The van der Waals surface area contributed by atoms with E-state index >= 15 is 0 Å². The molecule has 0 amide bonds. The fraction of sp³-hybridized carbons (Fsp3) is 0.370. The Morgan fingerprint density at radius 1 is 0.974 bits per heavy atom. The number of methoxy groups -OCH3 is 2. The van der Waals surface area contributed by atoms with Gasteiger partial charge in [0.2, 0.25) is 5.88 Å². The van der Waals surface area contributed by atoms with Gasteiger partial charge in [0, 0.05) is 23.7 Å². The second kappa shape index (κ2) is 10.5. The third kappa shape index (κ3) is 5.50. The van der Waals surface area contributed by atoms with Crippen LogP contribution in [0.25, 0.3) is 22.8 Å². The van der Waals surface area contributed by atoms with E-state index in [0.717, 1.165) is 30.3 Å². The van der Waals surface area contributed by atoms with Crippen molar-refractivity contribution in [3.8, 4) is 40.3 Å². The Balaban J connectivity index is 1.39. The lowest BCUT2D eigenvalue weighted by molar-refractivity contribution is -0.140. The van der Waals surface area contributed by atoms with Gasteiger partial charge in [-0.25, -0.2) is 19.9 Å². The van der Waals surface area contributed by atoms with E-state index in [2.05, 4.69) is 24.9 Å². The summed E-state index contributed by atoms with van der Waals surface area (Å²) in [5.74, 6) is 1.87. The van der Waals surface area contributed by atoms with Crippen molar-refractivity contribution in [3.63, 3.8) is 0 Å². The minimum absolute atomic E-state index is 0.136. The SMILES string of the molecule is COc1cnc(-c2c(OC)ncnc2C2CC2)nc1OCc1ccc(-c2nc(C(F)(F)F)cn2C(C)C)cc1. The summed E-state index contributed by atoms with van der Waals surface area (Å²) in [5, 5.41) is 0. The molecule has 1 fully saturated rings. The molecule has 3 aromatic heterocycles. The van der Waals surface area contributed by atoms with Gasteiger partial charge in [-0.2, -0.15) is 18.2 Å². The molecule has 0 unspecified atom stereocenters. The van der Waals surface area contributed by atoms with Crippen molar-refractivity contribution in [1.82, 2.24) is 29.5 Å². The number of hydrogen-bond donors (Lipinski definition) is 0. The summed E-state index contributed by atoms with van der Waals surface area (Å²) in [6, 6.07) is 6.79. The monoisotopic (exact) mass is 540 g/mol. The van der Waals surface area contributed by atoms with Crippen LogP contribution in [0.5, 0.6) is 17.5 Å². The highest BCUT2D eigenvalue weighted by Crippen LogP contribution is 2.45. The summed E-state index contributed by atoms with van der Waals surface area (Å²) < 4.78 is 58.2. The zero-order valence-electron chi connectivity index (χ0n) is 21.9. The van der Waals surface area contributed by atoms with Gasteiger partial charge in [-0.3, -0.25) is 0 Å². The third-order valence-electron chi connectivity index (χ3n) is 6.33. The van der Waals surface area contributed by atoms with Gasteiger partial charge in [-0.15, -0.1) is 0 Å². The Bertz CT molecular complexity index is 1470. The van der Waals surface area contributed by atoms with Crippen molar-refractivity contribution < 1.29 is 27.4 Å². The number of halogens is 3. The summed E-state index contributed by atoms with van der Waals surface area (Å²) in [4.78, 5) is 21.5. The van der Waals surface area contributed by atoms with Crippen molar-refractivity contribution in [2.24, 2.45) is 0 Å². The summed E-state index contributed by atoms with van der Waals surface area (Å²) in [7, 11) is 3.03. The number of imidazole rings is 1. The number of hydrogen-bond acceptors (Lipinski definition) is 8. The number of alkyl halides is 3.